The van der Waals surface area contributed by atoms with Crippen LogP contribution in [0.2, 0.25) is 0 Å². The van der Waals surface area contributed by atoms with Gasteiger partial charge < -0.3 is 5.32 Å². The predicted molar refractivity (Wildman–Crippen MR) is 90.5 cm³/mol. The van der Waals surface area contributed by atoms with E-state index in [0.717, 1.165) is 13.1 Å². The Kier molecular flexibility index (Phi) is 6.75. The summed E-state index contributed by atoms with van der Waals surface area (Å²) in [6, 6.07) is 4.66. The molecule has 1 aromatic carbocycles. The van der Waals surface area contributed by atoms with Crippen molar-refractivity contribution in [1.29, 1.82) is 0 Å². The van der Waals surface area contributed by atoms with Gasteiger partial charge in [-0.25, -0.2) is 0 Å². The van der Waals surface area contributed by atoms with E-state index in [1.165, 1.54) is 42.4 Å². The van der Waals surface area contributed by atoms with E-state index in [9.17, 15) is 0 Å². The standard InChI is InChI=1S/C19H33N/c1-7-9-19(6,14-20-10-8-2)13-18-16(4)11-15(3)12-17(18)5/h11-12,20H,7-10,13-14H2,1-6H3. The summed E-state index contributed by atoms with van der Waals surface area (Å²) in [5.41, 5.74) is 6.23. The molecular weight excluding hydrogens is 242 g/mol. The molecule has 0 heterocycles. The molecule has 0 saturated heterocycles. The van der Waals surface area contributed by atoms with Crippen LogP contribution in [0.25, 0.3) is 0 Å². The minimum atomic E-state index is 0.370. The predicted octanol–water partition coefficient (Wildman–Crippen LogP) is 4.96. The molecule has 0 saturated carbocycles. The second kappa shape index (κ2) is 7.83. The fourth-order valence-corrected chi connectivity index (χ4v) is 3.33. The number of rotatable bonds is 8. The number of benzene rings is 1. The van der Waals surface area contributed by atoms with Gasteiger partial charge >= 0.3 is 0 Å². The molecule has 1 atom stereocenters. The Balaban J connectivity index is 2.89. The lowest BCUT2D eigenvalue weighted by Gasteiger charge is -2.31. The first-order valence-corrected chi connectivity index (χ1v) is 8.19. The van der Waals surface area contributed by atoms with Crippen LogP contribution in [0, 0.1) is 26.2 Å². The van der Waals surface area contributed by atoms with Gasteiger partial charge in [0, 0.05) is 6.54 Å². The summed E-state index contributed by atoms with van der Waals surface area (Å²) < 4.78 is 0. The molecule has 0 aliphatic rings. The fourth-order valence-electron chi connectivity index (χ4n) is 3.33. The smallest absolute Gasteiger partial charge is 0.000835 e. The maximum atomic E-state index is 3.63. The molecule has 114 valence electrons. The molecule has 0 aromatic heterocycles. The molecule has 1 heteroatoms. The van der Waals surface area contributed by atoms with Crippen molar-refractivity contribution in [3.8, 4) is 0 Å². The molecule has 0 aliphatic heterocycles. The van der Waals surface area contributed by atoms with Crippen LogP contribution in [-0.2, 0) is 6.42 Å². The lowest BCUT2D eigenvalue weighted by atomic mass is 9.77. The molecule has 20 heavy (non-hydrogen) atoms. The number of aryl methyl sites for hydroxylation is 3. The van der Waals surface area contributed by atoms with Crippen molar-refractivity contribution in [1.82, 2.24) is 5.32 Å². The first-order valence-electron chi connectivity index (χ1n) is 8.19. The Bertz CT molecular complexity index is 399. The van der Waals surface area contributed by atoms with E-state index < -0.39 is 0 Å². The van der Waals surface area contributed by atoms with Gasteiger partial charge in [0.2, 0.25) is 0 Å². The number of hydrogen-bond donors (Lipinski definition) is 1. The molecule has 1 unspecified atom stereocenters. The zero-order valence-electron chi connectivity index (χ0n) is 14.4. The highest BCUT2D eigenvalue weighted by Crippen LogP contribution is 2.31. The van der Waals surface area contributed by atoms with Gasteiger partial charge in [0.25, 0.3) is 0 Å². The Morgan fingerprint density at radius 2 is 1.60 bits per heavy atom. The Labute approximate surface area is 126 Å². The summed E-state index contributed by atoms with van der Waals surface area (Å²) in [6.07, 6.45) is 4.95. The summed E-state index contributed by atoms with van der Waals surface area (Å²) in [5, 5.41) is 3.63. The van der Waals surface area contributed by atoms with Crippen LogP contribution >= 0.6 is 0 Å². The van der Waals surface area contributed by atoms with Gasteiger partial charge in [-0.15, -0.1) is 0 Å². The zero-order chi connectivity index (χ0) is 15.2. The van der Waals surface area contributed by atoms with Gasteiger partial charge in [-0.3, -0.25) is 0 Å². The van der Waals surface area contributed by atoms with Crippen molar-refractivity contribution in [3.63, 3.8) is 0 Å². The van der Waals surface area contributed by atoms with E-state index in [2.05, 4.69) is 59.0 Å². The summed E-state index contributed by atoms with van der Waals surface area (Å²) in [5.74, 6) is 0. The molecule has 0 bridgehead atoms. The second-order valence-electron chi connectivity index (χ2n) is 6.79. The third kappa shape index (κ3) is 4.94. The Hall–Kier alpha value is -0.820. The third-order valence-corrected chi connectivity index (χ3v) is 4.28. The third-order valence-electron chi connectivity index (χ3n) is 4.28. The molecule has 0 amide bonds. The van der Waals surface area contributed by atoms with E-state index in [0.29, 0.717) is 5.41 Å². The van der Waals surface area contributed by atoms with E-state index in [-0.39, 0.29) is 0 Å². The minimum Gasteiger partial charge on any atom is -0.316 e. The molecule has 1 nitrogen and oxygen atoms in total. The largest absolute Gasteiger partial charge is 0.316 e. The maximum absolute atomic E-state index is 3.63. The van der Waals surface area contributed by atoms with Gasteiger partial charge in [-0.2, -0.15) is 0 Å². The van der Waals surface area contributed by atoms with E-state index in [1.54, 1.807) is 5.56 Å². The quantitative estimate of drug-likeness (QED) is 0.661. The summed E-state index contributed by atoms with van der Waals surface area (Å²) in [4.78, 5) is 0. The lowest BCUT2D eigenvalue weighted by Crippen LogP contribution is -2.34. The second-order valence-corrected chi connectivity index (χ2v) is 6.79. The summed E-state index contributed by atoms with van der Waals surface area (Å²) in [6.45, 7) is 16.0. The SMILES string of the molecule is CCCNCC(C)(CCC)Cc1c(C)cc(C)cc1C. The number of hydrogen-bond acceptors (Lipinski definition) is 1. The molecule has 1 aromatic rings. The van der Waals surface area contributed by atoms with Gasteiger partial charge in [0.1, 0.15) is 0 Å². The monoisotopic (exact) mass is 275 g/mol. The molecule has 0 aliphatic carbocycles. The maximum Gasteiger partial charge on any atom is 0.000835 e. The van der Waals surface area contributed by atoms with Crippen LogP contribution in [0.15, 0.2) is 12.1 Å². The van der Waals surface area contributed by atoms with Crippen molar-refractivity contribution in [2.75, 3.05) is 13.1 Å². The van der Waals surface area contributed by atoms with Crippen LogP contribution in [0.4, 0.5) is 0 Å². The van der Waals surface area contributed by atoms with Crippen molar-refractivity contribution < 1.29 is 0 Å². The Morgan fingerprint density at radius 1 is 1.00 bits per heavy atom. The average molecular weight is 275 g/mol. The lowest BCUT2D eigenvalue weighted by molar-refractivity contribution is 0.275. The van der Waals surface area contributed by atoms with Gasteiger partial charge in [-0.1, -0.05) is 44.9 Å². The van der Waals surface area contributed by atoms with E-state index >= 15 is 0 Å². The van der Waals surface area contributed by atoms with Crippen LogP contribution < -0.4 is 5.32 Å². The van der Waals surface area contributed by atoms with Crippen LogP contribution in [-0.4, -0.2) is 13.1 Å². The van der Waals surface area contributed by atoms with Gasteiger partial charge in [0.15, 0.2) is 0 Å². The van der Waals surface area contributed by atoms with Gasteiger partial charge in [-0.05, 0) is 68.7 Å². The van der Waals surface area contributed by atoms with Crippen molar-refractivity contribution in [3.05, 3.63) is 34.4 Å². The minimum absolute atomic E-state index is 0.370. The molecular formula is C19H33N. The van der Waals surface area contributed by atoms with Crippen LogP contribution in [0.1, 0.15) is 62.3 Å². The average Bonchev–Trinajstić information content (AvgIpc) is 2.34. The highest BCUT2D eigenvalue weighted by molar-refractivity contribution is 5.38. The van der Waals surface area contributed by atoms with E-state index in [4.69, 9.17) is 0 Å². The molecule has 1 N–H and O–H groups in total. The van der Waals surface area contributed by atoms with Crippen LogP contribution in [0.5, 0.6) is 0 Å². The molecule has 0 radical (unpaired) electrons. The normalized spacial score (nSPS) is 14.3. The van der Waals surface area contributed by atoms with Crippen molar-refractivity contribution >= 4 is 0 Å². The highest BCUT2D eigenvalue weighted by Gasteiger charge is 2.24. The first kappa shape index (κ1) is 17.2. The van der Waals surface area contributed by atoms with Crippen molar-refractivity contribution in [2.24, 2.45) is 5.41 Å². The van der Waals surface area contributed by atoms with Crippen LogP contribution in [0.3, 0.4) is 0 Å². The topological polar surface area (TPSA) is 12.0 Å². The summed E-state index contributed by atoms with van der Waals surface area (Å²) in [7, 11) is 0. The fraction of sp³-hybridized carbons (Fsp3) is 0.684. The molecule has 1 rings (SSSR count). The molecule has 0 spiro atoms. The van der Waals surface area contributed by atoms with Gasteiger partial charge in [0.05, 0.1) is 0 Å². The highest BCUT2D eigenvalue weighted by atomic mass is 14.9. The van der Waals surface area contributed by atoms with E-state index in [1.807, 2.05) is 0 Å². The Morgan fingerprint density at radius 3 is 2.10 bits per heavy atom. The van der Waals surface area contributed by atoms with Crippen molar-refractivity contribution in [2.45, 2.75) is 67.2 Å². The number of nitrogens with one attached hydrogen (secondary N) is 1. The summed E-state index contributed by atoms with van der Waals surface area (Å²) >= 11 is 0. The molecule has 0 fully saturated rings. The zero-order valence-corrected chi connectivity index (χ0v) is 14.4. The first-order chi connectivity index (χ1) is 9.41.